The van der Waals surface area contributed by atoms with Gasteiger partial charge in [-0.3, -0.25) is 9.59 Å². The zero-order chi connectivity index (χ0) is 17.3. The van der Waals surface area contributed by atoms with E-state index < -0.39 is 6.04 Å². The molecule has 0 saturated carbocycles. The third-order valence-electron chi connectivity index (χ3n) is 4.17. The second-order valence-electron chi connectivity index (χ2n) is 5.99. The predicted molar refractivity (Wildman–Crippen MR) is 98.7 cm³/mol. The van der Waals surface area contributed by atoms with E-state index in [1.807, 2.05) is 62.6 Å². The molecule has 1 aliphatic heterocycles. The monoisotopic (exact) mass is 340 g/mol. The summed E-state index contributed by atoms with van der Waals surface area (Å²) in [5, 5.41) is 3.18. The van der Waals surface area contributed by atoms with E-state index in [2.05, 4.69) is 5.32 Å². The molecule has 0 aromatic heterocycles. The molecule has 1 saturated heterocycles. The number of thioether (sulfide) groups is 1. The Hall–Kier alpha value is -2.27. The van der Waals surface area contributed by atoms with E-state index in [-0.39, 0.29) is 18.2 Å². The van der Waals surface area contributed by atoms with E-state index in [1.165, 1.54) is 4.90 Å². The van der Waals surface area contributed by atoms with Crippen molar-refractivity contribution in [3.8, 4) is 0 Å². The number of hydrogen-bond acceptors (Lipinski definition) is 4. The van der Waals surface area contributed by atoms with Crippen LogP contribution in [0.1, 0.15) is 17.5 Å². The van der Waals surface area contributed by atoms with Crippen LogP contribution in [-0.2, 0) is 9.59 Å². The van der Waals surface area contributed by atoms with E-state index in [1.54, 1.807) is 11.8 Å². The van der Waals surface area contributed by atoms with Gasteiger partial charge in [-0.2, -0.15) is 0 Å². The van der Waals surface area contributed by atoms with Crippen LogP contribution in [0.25, 0.3) is 0 Å². The van der Waals surface area contributed by atoms with Crippen molar-refractivity contribution in [1.29, 1.82) is 0 Å². The van der Waals surface area contributed by atoms with Crippen LogP contribution in [0.2, 0.25) is 0 Å². The maximum atomic E-state index is 12.7. The molecule has 2 amide bonds. The van der Waals surface area contributed by atoms with Gasteiger partial charge in [0.2, 0.25) is 5.91 Å². The lowest BCUT2D eigenvalue weighted by atomic mass is 10.1. The number of imide groups is 1. The quantitative estimate of drug-likeness (QED) is 0.680. The molecule has 4 nitrogen and oxygen atoms in total. The molecule has 1 heterocycles. The van der Waals surface area contributed by atoms with Crippen molar-refractivity contribution >= 4 is 35.0 Å². The highest BCUT2D eigenvalue weighted by atomic mass is 32.2. The fourth-order valence-electron chi connectivity index (χ4n) is 2.94. The van der Waals surface area contributed by atoms with E-state index in [9.17, 15) is 9.59 Å². The molecule has 1 unspecified atom stereocenters. The van der Waals surface area contributed by atoms with Crippen molar-refractivity contribution in [3.05, 3.63) is 53.6 Å². The van der Waals surface area contributed by atoms with Crippen molar-refractivity contribution in [3.63, 3.8) is 0 Å². The molecule has 1 aliphatic rings. The molecule has 2 aromatic carbocycles. The largest absolute Gasteiger partial charge is 0.373 e. The Bertz CT molecular complexity index is 786. The third kappa shape index (κ3) is 3.17. The number of hydrogen-bond donors (Lipinski definition) is 1. The maximum absolute atomic E-state index is 12.7. The summed E-state index contributed by atoms with van der Waals surface area (Å²) < 4.78 is 0. The lowest BCUT2D eigenvalue weighted by molar-refractivity contribution is -0.121. The lowest BCUT2D eigenvalue weighted by Crippen LogP contribution is -2.35. The Kier molecular flexibility index (Phi) is 4.62. The normalized spacial score (nSPS) is 17.5. The van der Waals surface area contributed by atoms with Gasteiger partial charge in [0.1, 0.15) is 6.04 Å². The van der Waals surface area contributed by atoms with Gasteiger partial charge in [-0.25, -0.2) is 4.90 Å². The van der Waals surface area contributed by atoms with Crippen molar-refractivity contribution in [2.45, 2.75) is 31.2 Å². The molecule has 1 N–H and O–H groups in total. The van der Waals surface area contributed by atoms with Crippen LogP contribution in [0.15, 0.2) is 47.4 Å². The van der Waals surface area contributed by atoms with E-state index in [0.717, 1.165) is 21.7 Å². The number of aryl methyl sites for hydroxylation is 2. The van der Waals surface area contributed by atoms with Crippen LogP contribution in [0.3, 0.4) is 0 Å². The van der Waals surface area contributed by atoms with Crippen LogP contribution in [0.4, 0.5) is 11.4 Å². The van der Waals surface area contributed by atoms with Crippen LogP contribution in [0, 0.1) is 13.8 Å². The van der Waals surface area contributed by atoms with Crippen LogP contribution in [0.5, 0.6) is 0 Å². The van der Waals surface area contributed by atoms with Gasteiger partial charge in [0, 0.05) is 10.6 Å². The number of benzene rings is 2. The summed E-state index contributed by atoms with van der Waals surface area (Å²) >= 11 is 1.66. The van der Waals surface area contributed by atoms with Gasteiger partial charge in [-0.05, 0) is 56.0 Å². The molecule has 1 fully saturated rings. The number of nitrogens with one attached hydrogen (secondary N) is 1. The Balaban J connectivity index is 1.80. The highest BCUT2D eigenvalue weighted by Crippen LogP contribution is 2.28. The van der Waals surface area contributed by atoms with Gasteiger partial charge >= 0.3 is 0 Å². The number of carbonyl (C=O) groups is 2. The van der Waals surface area contributed by atoms with Gasteiger partial charge in [-0.15, -0.1) is 11.8 Å². The average molecular weight is 340 g/mol. The van der Waals surface area contributed by atoms with Gasteiger partial charge in [0.15, 0.2) is 0 Å². The zero-order valence-corrected chi connectivity index (χ0v) is 14.8. The molecule has 3 rings (SSSR count). The van der Waals surface area contributed by atoms with Crippen molar-refractivity contribution in [2.75, 3.05) is 16.5 Å². The molecule has 0 radical (unpaired) electrons. The minimum atomic E-state index is -0.515. The van der Waals surface area contributed by atoms with Crippen LogP contribution in [-0.4, -0.2) is 24.1 Å². The summed E-state index contributed by atoms with van der Waals surface area (Å²) in [7, 11) is 0. The predicted octanol–water partition coefficient (Wildman–Crippen LogP) is 3.77. The Morgan fingerprint density at radius 3 is 2.42 bits per heavy atom. The van der Waals surface area contributed by atoms with Gasteiger partial charge in [-0.1, -0.05) is 17.7 Å². The summed E-state index contributed by atoms with van der Waals surface area (Å²) in [6, 6.07) is 13.1. The first kappa shape index (κ1) is 16.6. The molecule has 2 aromatic rings. The second-order valence-corrected chi connectivity index (χ2v) is 6.87. The molecule has 0 spiro atoms. The standard InChI is InChI=1S/C19H20N2O2S/c1-12-4-9-17(13(2)10-12)21-18(22)11-16(19(21)23)20-14-5-7-15(24-3)8-6-14/h4-10,16,20H,11H2,1-3H3. The highest BCUT2D eigenvalue weighted by Gasteiger charge is 2.40. The highest BCUT2D eigenvalue weighted by molar-refractivity contribution is 7.98. The number of rotatable bonds is 4. The molecule has 24 heavy (non-hydrogen) atoms. The third-order valence-corrected chi connectivity index (χ3v) is 4.91. The fraction of sp³-hybridized carbons (Fsp3) is 0.263. The van der Waals surface area contributed by atoms with Crippen molar-refractivity contribution in [2.24, 2.45) is 0 Å². The number of nitrogens with zero attached hydrogens (tertiary/aromatic N) is 1. The van der Waals surface area contributed by atoms with Crippen molar-refractivity contribution in [1.82, 2.24) is 0 Å². The van der Waals surface area contributed by atoms with Crippen LogP contribution < -0.4 is 10.2 Å². The number of carbonyl (C=O) groups excluding carboxylic acids is 2. The lowest BCUT2D eigenvalue weighted by Gasteiger charge is -2.18. The second kappa shape index (κ2) is 6.69. The maximum Gasteiger partial charge on any atom is 0.256 e. The zero-order valence-electron chi connectivity index (χ0n) is 14.0. The topological polar surface area (TPSA) is 49.4 Å². The molecule has 0 bridgehead atoms. The molecular weight excluding hydrogens is 320 g/mol. The van der Waals surface area contributed by atoms with E-state index in [4.69, 9.17) is 0 Å². The van der Waals surface area contributed by atoms with E-state index >= 15 is 0 Å². The first-order valence-electron chi connectivity index (χ1n) is 7.84. The Morgan fingerprint density at radius 2 is 1.79 bits per heavy atom. The molecule has 124 valence electrons. The van der Waals surface area contributed by atoms with Crippen molar-refractivity contribution < 1.29 is 9.59 Å². The average Bonchev–Trinajstić information content (AvgIpc) is 2.83. The van der Waals surface area contributed by atoms with Gasteiger partial charge < -0.3 is 5.32 Å². The minimum Gasteiger partial charge on any atom is -0.373 e. The first-order valence-corrected chi connectivity index (χ1v) is 9.06. The summed E-state index contributed by atoms with van der Waals surface area (Å²) in [6.07, 6.45) is 2.19. The van der Waals surface area contributed by atoms with E-state index in [0.29, 0.717) is 5.69 Å². The Labute approximate surface area is 146 Å². The smallest absolute Gasteiger partial charge is 0.256 e. The molecule has 1 atom stereocenters. The summed E-state index contributed by atoms with van der Waals surface area (Å²) in [5.74, 6) is -0.355. The van der Waals surface area contributed by atoms with Gasteiger partial charge in [0.25, 0.3) is 5.91 Å². The summed E-state index contributed by atoms with van der Waals surface area (Å²) in [6.45, 7) is 3.91. The molecule has 0 aliphatic carbocycles. The number of anilines is 2. The molecular formula is C19H20N2O2S. The van der Waals surface area contributed by atoms with Crippen LogP contribution >= 0.6 is 11.8 Å². The number of amides is 2. The molecule has 5 heteroatoms. The minimum absolute atomic E-state index is 0.162. The summed E-state index contributed by atoms with van der Waals surface area (Å²) in [5.41, 5.74) is 3.57. The van der Waals surface area contributed by atoms with Gasteiger partial charge in [0.05, 0.1) is 12.1 Å². The first-order chi connectivity index (χ1) is 11.5. The summed E-state index contributed by atoms with van der Waals surface area (Å²) in [4.78, 5) is 27.6. The fourth-order valence-corrected chi connectivity index (χ4v) is 3.35. The Morgan fingerprint density at radius 1 is 1.08 bits per heavy atom. The SMILES string of the molecule is CSc1ccc(NC2CC(=O)N(c3ccc(C)cc3C)C2=O)cc1.